The first-order valence-corrected chi connectivity index (χ1v) is 7.93. The maximum Gasteiger partial charge on any atom is 0.334 e. The van der Waals surface area contributed by atoms with Crippen LogP contribution < -0.4 is 5.32 Å². The van der Waals surface area contributed by atoms with Crippen LogP contribution in [0, 0.1) is 11.6 Å². The third-order valence-corrected chi connectivity index (χ3v) is 4.17. The van der Waals surface area contributed by atoms with Gasteiger partial charge in [-0.3, -0.25) is 4.79 Å². The Morgan fingerprint density at radius 2 is 1.76 bits per heavy atom. The van der Waals surface area contributed by atoms with Gasteiger partial charge in [0.15, 0.2) is 17.2 Å². The summed E-state index contributed by atoms with van der Waals surface area (Å²) in [4.78, 5) is 24.1. The highest BCUT2D eigenvalue weighted by Crippen LogP contribution is 2.26. The minimum atomic E-state index is -1.56. The number of hydrogen-bond donors (Lipinski definition) is 2. The molecule has 0 aromatic heterocycles. The molecule has 132 valence electrons. The largest absolute Gasteiger partial charge is 0.479 e. The second-order valence-electron chi connectivity index (χ2n) is 5.69. The normalized spacial score (nSPS) is 13.1. The van der Waals surface area contributed by atoms with E-state index < -0.39 is 29.0 Å². The smallest absolute Gasteiger partial charge is 0.334 e. The van der Waals surface area contributed by atoms with Gasteiger partial charge >= 0.3 is 5.97 Å². The number of halogens is 2. The zero-order valence-corrected chi connectivity index (χ0v) is 13.8. The molecule has 2 rings (SSSR count). The first-order valence-electron chi connectivity index (χ1n) is 7.93. The highest BCUT2D eigenvalue weighted by Gasteiger charge is 2.40. The SMILES string of the molecule is CCC(NC(=O)CCc1cccc(F)c1F)(C(=O)O)c1ccccc1. The number of benzene rings is 2. The fraction of sp³-hybridized carbons (Fsp3) is 0.263. The zero-order chi connectivity index (χ0) is 18.4. The van der Waals surface area contributed by atoms with Gasteiger partial charge in [-0.15, -0.1) is 0 Å². The van der Waals surface area contributed by atoms with Gasteiger partial charge in [0.1, 0.15) is 0 Å². The molecule has 0 saturated carbocycles. The van der Waals surface area contributed by atoms with E-state index in [4.69, 9.17) is 0 Å². The molecule has 0 radical (unpaired) electrons. The summed E-state index contributed by atoms with van der Waals surface area (Å²) in [6.07, 6.45) is -0.0295. The number of carbonyl (C=O) groups is 2. The summed E-state index contributed by atoms with van der Waals surface area (Å²) in [6.45, 7) is 1.66. The Morgan fingerprint density at radius 3 is 2.36 bits per heavy atom. The molecule has 1 atom stereocenters. The first-order chi connectivity index (χ1) is 11.9. The molecule has 6 heteroatoms. The molecule has 1 unspecified atom stereocenters. The van der Waals surface area contributed by atoms with Gasteiger partial charge in [-0.25, -0.2) is 13.6 Å². The third kappa shape index (κ3) is 4.02. The van der Waals surface area contributed by atoms with E-state index >= 15 is 0 Å². The second kappa shape index (κ2) is 7.88. The predicted molar refractivity (Wildman–Crippen MR) is 88.9 cm³/mol. The van der Waals surface area contributed by atoms with Crippen LogP contribution in [-0.4, -0.2) is 17.0 Å². The average molecular weight is 347 g/mol. The van der Waals surface area contributed by atoms with Gasteiger partial charge in [-0.2, -0.15) is 0 Å². The Balaban J connectivity index is 2.15. The monoisotopic (exact) mass is 347 g/mol. The highest BCUT2D eigenvalue weighted by molar-refractivity contribution is 5.88. The van der Waals surface area contributed by atoms with E-state index in [1.54, 1.807) is 37.3 Å². The fourth-order valence-electron chi connectivity index (χ4n) is 2.71. The lowest BCUT2D eigenvalue weighted by atomic mass is 9.87. The summed E-state index contributed by atoms with van der Waals surface area (Å²) in [5.74, 6) is -3.68. The number of nitrogens with one attached hydrogen (secondary N) is 1. The molecule has 0 aliphatic heterocycles. The van der Waals surface area contributed by atoms with E-state index in [0.29, 0.717) is 5.56 Å². The molecule has 0 fully saturated rings. The third-order valence-electron chi connectivity index (χ3n) is 4.17. The molecule has 0 spiro atoms. The molecule has 2 N–H and O–H groups in total. The maximum absolute atomic E-state index is 13.6. The predicted octanol–water partition coefficient (Wildman–Crippen LogP) is 3.40. The second-order valence-corrected chi connectivity index (χ2v) is 5.69. The summed E-state index contributed by atoms with van der Waals surface area (Å²) in [6, 6.07) is 12.2. The molecule has 0 bridgehead atoms. The van der Waals surface area contributed by atoms with Crippen molar-refractivity contribution in [3.8, 4) is 0 Å². The van der Waals surface area contributed by atoms with Gasteiger partial charge in [-0.1, -0.05) is 49.4 Å². The maximum atomic E-state index is 13.6. The van der Waals surface area contributed by atoms with Crippen LogP contribution in [0.25, 0.3) is 0 Å². The number of aryl methyl sites for hydroxylation is 1. The van der Waals surface area contributed by atoms with Crippen molar-refractivity contribution >= 4 is 11.9 Å². The summed E-state index contributed by atoms with van der Waals surface area (Å²) >= 11 is 0. The van der Waals surface area contributed by atoms with E-state index in [2.05, 4.69) is 5.32 Å². The summed E-state index contributed by atoms with van der Waals surface area (Å²) < 4.78 is 26.9. The summed E-state index contributed by atoms with van der Waals surface area (Å²) in [5, 5.41) is 12.2. The molecular weight excluding hydrogens is 328 g/mol. The first kappa shape index (κ1) is 18.6. The Bertz CT molecular complexity index is 765. The van der Waals surface area contributed by atoms with Crippen molar-refractivity contribution in [2.75, 3.05) is 0 Å². The number of carboxylic acid groups (broad SMARTS) is 1. The minimum Gasteiger partial charge on any atom is -0.479 e. The Kier molecular flexibility index (Phi) is 5.85. The molecule has 1 amide bonds. The molecule has 0 heterocycles. The molecule has 4 nitrogen and oxygen atoms in total. The Hall–Kier alpha value is -2.76. The van der Waals surface area contributed by atoms with Crippen LogP contribution in [0.15, 0.2) is 48.5 Å². The van der Waals surface area contributed by atoms with Crippen LogP contribution >= 0.6 is 0 Å². The van der Waals surface area contributed by atoms with Gasteiger partial charge in [0.25, 0.3) is 0 Å². The Morgan fingerprint density at radius 1 is 1.08 bits per heavy atom. The van der Waals surface area contributed by atoms with E-state index in [1.807, 2.05) is 0 Å². The molecule has 0 aliphatic carbocycles. The van der Waals surface area contributed by atoms with Crippen molar-refractivity contribution in [3.63, 3.8) is 0 Å². The number of carboxylic acids is 1. The van der Waals surface area contributed by atoms with E-state index in [-0.39, 0.29) is 24.8 Å². The number of aliphatic carboxylic acids is 1. The van der Waals surface area contributed by atoms with E-state index in [9.17, 15) is 23.5 Å². The van der Waals surface area contributed by atoms with Gasteiger partial charge in [0.2, 0.25) is 5.91 Å². The van der Waals surface area contributed by atoms with Gasteiger partial charge in [-0.05, 0) is 30.0 Å². The lowest BCUT2D eigenvalue weighted by molar-refractivity contribution is -0.148. The quantitative estimate of drug-likeness (QED) is 0.807. The van der Waals surface area contributed by atoms with Crippen molar-refractivity contribution in [2.45, 2.75) is 31.7 Å². The van der Waals surface area contributed by atoms with Crippen LogP contribution in [0.1, 0.15) is 30.9 Å². The van der Waals surface area contributed by atoms with E-state index in [1.165, 1.54) is 12.1 Å². The Labute approximate surface area is 144 Å². The minimum absolute atomic E-state index is 0.0242. The van der Waals surface area contributed by atoms with Crippen molar-refractivity contribution < 1.29 is 23.5 Å². The van der Waals surface area contributed by atoms with Gasteiger partial charge in [0.05, 0.1) is 0 Å². The topological polar surface area (TPSA) is 66.4 Å². The lowest BCUT2D eigenvalue weighted by Crippen LogP contribution is -2.51. The van der Waals surface area contributed by atoms with Crippen LogP contribution in [-0.2, 0) is 21.5 Å². The van der Waals surface area contributed by atoms with Crippen LogP contribution in [0.3, 0.4) is 0 Å². The number of hydrogen-bond acceptors (Lipinski definition) is 2. The van der Waals surface area contributed by atoms with Crippen molar-refractivity contribution in [1.29, 1.82) is 0 Å². The highest BCUT2D eigenvalue weighted by atomic mass is 19.2. The standard InChI is InChI=1S/C19H19F2NO3/c1-2-19(18(24)25,14-8-4-3-5-9-14)22-16(23)12-11-13-7-6-10-15(20)17(13)21/h3-10H,2,11-12H2,1H3,(H,22,23)(H,24,25). The van der Waals surface area contributed by atoms with Crippen molar-refractivity contribution in [2.24, 2.45) is 0 Å². The van der Waals surface area contributed by atoms with Crippen molar-refractivity contribution in [1.82, 2.24) is 5.32 Å². The zero-order valence-electron chi connectivity index (χ0n) is 13.8. The van der Waals surface area contributed by atoms with Crippen molar-refractivity contribution in [3.05, 3.63) is 71.3 Å². The van der Waals surface area contributed by atoms with Gasteiger partial charge < -0.3 is 10.4 Å². The summed E-state index contributed by atoms with van der Waals surface area (Å²) in [7, 11) is 0. The number of amides is 1. The molecular formula is C19H19F2NO3. The van der Waals surface area contributed by atoms with Crippen LogP contribution in [0.2, 0.25) is 0 Å². The molecule has 0 aliphatic rings. The fourth-order valence-corrected chi connectivity index (χ4v) is 2.71. The molecule has 2 aromatic carbocycles. The number of rotatable bonds is 7. The van der Waals surface area contributed by atoms with Gasteiger partial charge in [0, 0.05) is 6.42 Å². The molecule has 0 saturated heterocycles. The number of carbonyl (C=O) groups excluding carboxylic acids is 1. The lowest BCUT2D eigenvalue weighted by Gasteiger charge is -2.30. The van der Waals surface area contributed by atoms with Crippen LogP contribution in [0.5, 0.6) is 0 Å². The molecule has 2 aromatic rings. The summed E-state index contributed by atoms with van der Waals surface area (Å²) in [5.41, 5.74) is -1.03. The molecule has 25 heavy (non-hydrogen) atoms. The van der Waals surface area contributed by atoms with Crippen LogP contribution in [0.4, 0.5) is 8.78 Å². The average Bonchev–Trinajstić information content (AvgIpc) is 2.61. The van der Waals surface area contributed by atoms with E-state index in [0.717, 1.165) is 6.07 Å².